The molecule has 0 saturated carbocycles. The maximum atomic E-state index is 12.4. The molecule has 0 bridgehead atoms. The van der Waals surface area contributed by atoms with Gasteiger partial charge in [-0.2, -0.15) is 0 Å². The minimum absolute atomic E-state index is 0.134. The Bertz CT molecular complexity index is 906. The van der Waals surface area contributed by atoms with Crippen LogP contribution in [-0.2, 0) is 13.2 Å². The summed E-state index contributed by atoms with van der Waals surface area (Å²) >= 11 is 1.60. The first-order valence-electron chi connectivity index (χ1n) is 8.56. The largest absolute Gasteiger partial charge is 0.487 e. The third-order valence-corrected chi connectivity index (χ3v) is 4.72. The Morgan fingerprint density at radius 2 is 2.00 bits per heavy atom. The average molecular weight is 382 g/mol. The fourth-order valence-corrected chi connectivity index (χ4v) is 3.18. The number of amides is 1. The van der Waals surface area contributed by atoms with Crippen molar-refractivity contribution >= 4 is 23.1 Å². The van der Waals surface area contributed by atoms with Gasteiger partial charge in [-0.3, -0.25) is 4.79 Å². The van der Waals surface area contributed by atoms with Crippen molar-refractivity contribution < 1.29 is 9.53 Å². The first-order chi connectivity index (χ1) is 13.0. The Hall–Kier alpha value is -2.93. The highest BCUT2D eigenvalue weighted by atomic mass is 32.1. The predicted octanol–water partition coefficient (Wildman–Crippen LogP) is 3.42. The molecule has 0 unspecified atom stereocenters. The van der Waals surface area contributed by atoms with Crippen molar-refractivity contribution in [2.75, 3.05) is 19.0 Å². The topological polar surface area (TPSA) is 67.3 Å². The van der Waals surface area contributed by atoms with Crippen LogP contribution in [0, 0.1) is 6.92 Å². The summed E-state index contributed by atoms with van der Waals surface area (Å²) in [5.74, 6) is 1.42. The quantitative estimate of drug-likeness (QED) is 0.678. The lowest BCUT2D eigenvalue weighted by Crippen LogP contribution is -2.24. The highest BCUT2D eigenvalue weighted by Gasteiger charge is 2.09. The van der Waals surface area contributed by atoms with Gasteiger partial charge in [0.05, 0.1) is 10.7 Å². The van der Waals surface area contributed by atoms with Gasteiger partial charge >= 0.3 is 0 Å². The first-order valence-corrected chi connectivity index (χ1v) is 9.44. The second kappa shape index (κ2) is 8.64. The van der Waals surface area contributed by atoms with E-state index < -0.39 is 0 Å². The van der Waals surface area contributed by atoms with Gasteiger partial charge in [-0.05, 0) is 37.3 Å². The molecule has 1 aromatic carbocycles. The van der Waals surface area contributed by atoms with E-state index >= 15 is 0 Å². The van der Waals surface area contributed by atoms with Crippen LogP contribution in [0.2, 0.25) is 0 Å². The maximum Gasteiger partial charge on any atom is 0.251 e. The number of nitrogens with zero attached hydrogens (tertiary/aromatic N) is 3. The smallest absolute Gasteiger partial charge is 0.251 e. The van der Waals surface area contributed by atoms with Crippen molar-refractivity contribution in [3.05, 3.63) is 69.8 Å². The third-order valence-electron chi connectivity index (χ3n) is 3.90. The van der Waals surface area contributed by atoms with Crippen LogP contribution in [0.15, 0.2) is 48.0 Å². The molecule has 7 heteroatoms. The highest BCUT2D eigenvalue weighted by Crippen LogP contribution is 2.17. The molecular weight excluding hydrogens is 360 g/mol. The van der Waals surface area contributed by atoms with E-state index in [0.29, 0.717) is 24.5 Å². The normalized spacial score (nSPS) is 10.5. The van der Waals surface area contributed by atoms with Crippen molar-refractivity contribution in [2.24, 2.45) is 0 Å². The van der Waals surface area contributed by atoms with E-state index in [4.69, 9.17) is 4.74 Å². The number of hydrogen-bond donors (Lipinski definition) is 1. The van der Waals surface area contributed by atoms with Crippen LogP contribution in [0.4, 0.5) is 5.82 Å². The van der Waals surface area contributed by atoms with Crippen molar-refractivity contribution in [1.29, 1.82) is 0 Å². The van der Waals surface area contributed by atoms with Crippen molar-refractivity contribution in [3.8, 4) is 5.75 Å². The molecule has 27 heavy (non-hydrogen) atoms. The monoisotopic (exact) mass is 382 g/mol. The van der Waals surface area contributed by atoms with Gasteiger partial charge in [-0.15, -0.1) is 11.3 Å². The van der Waals surface area contributed by atoms with Gasteiger partial charge in [0.25, 0.3) is 5.91 Å². The lowest BCUT2D eigenvalue weighted by atomic mass is 10.2. The van der Waals surface area contributed by atoms with Gasteiger partial charge < -0.3 is 15.0 Å². The lowest BCUT2D eigenvalue weighted by Gasteiger charge is -2.16. The van der Waals surface area contributed by atoms with Gasteiger partial charge in [-0.25, -0.2) is 9.97 Å². The summed E-state index contributed by atoms with van der Waals surface area (Å²) in [7, 11) is 3.86. The zero-order chi connectivity index (χ0) is 19.2. The highest BCUT2D eigenvalue weighted by molar-refractivity contribution is 7.09. The number of aromatic nitrogens is 2. The molecule has 2 aromatic heterocycles. The van der Waals surface area contributed by atoms with Gasteiger partial charge in [0, 0.05) is 43.3 Å². The fourth-order valence-electron chi connectivity index (χ4n) is 2.58. The molecule has 3 rings (SSSR count). The van der Waals surface area contributed by atoms with E-state index in [2.05, 4.69) is 15.3 Å². The third kappa shape index (κ3) is 5.04. The molecule has 0 saturated heterocycles. The number of thiazole rings is 1. The number of aryl methyl sites for hydroxylation is 1. The number of pyridine rings is 1. The average Bonchev–Trinajstić information content (AvgIpc) is 3.10. The number of nitrogens with one attached hydrogen (secondary N) is 1. The number of hydrogen-bond acceptors (Lipinski definition) is 6. The Morgan fingerprint density at radius 1 is 1.22 bits per heavy atom. The van der Waals surface area contributed by atoms with Crippen LogP contribution in [0.1, 0.15) is 26.6 Å². The van der Waals surface area contributed by atoms with Crippen molar-refractivity contribution in [3.63, 3.8) is 0 Å². The number of rotatable bonds is 7. The van der Waals surface area contributed by atoms with Crippen LogP contribution in [-0.4, -0.2) is 30.0 Å². The van der Waals surface area contributed by atoms with Crippen molar-refractivity contribution in [2.45, 2.75) is 20.1 Å². The minimum Gasteiger partial charge on any atom is -0.487 e. The standard InChI is InChI=1S/C20H22N4O2S/c1-14-23-17(13-27-14)12-26-18-8-6-15(7-9-18)20(25)22-11-16-5-4-10-21-19(16)24(2)3/h4-10,13H,11-12H2,1-3H3,(H,22,25). The fraction of sp³-hybridized carbons (Fsp3) is 0.250. The molecule has 0 aliphatic heterocycles. The molecule has 0 atom stereocenters. The maximum absolute atomic E-state index is 12.4. The molecule has 0 radical (unpaired) electrons. The SMILES string of the molecule is Cc1nc(COc2ccc(C(=O)NCc3cccnc3N(C)C)cc2)cs1. The van der Waals surface area contributed by atoms with E-state index in [9.17, 15) is 4.79 Å². The Balaban J connectivity index is 1.56. The summed E-state index contributed by atoms with van der Waals surface area (Å²) in [6, 6.07) is 10.9. The van der Waals surface area contributed by atoms with Crippen LogP contribution in [0.3, 0.4) is 0 Å². The molecular formula is C20H22N4O2S. The molecule has 0 spiro atoms. The van der Waals surface area contributed by atoms with Gasteiger partial charge in [0.1, 0.15) is 18.2 Å². The van der Waals surface area contributed by atoms with E-state index in [1.54, 1.807) is 41.8 Å². The zero-order valence-electron chi connectivity index (χ0n) is 15.6. The first kappa shape index (κ1) is 18.8. The summed E-state index contributed by atoms with van der Waals surface area (Å²) in [5, 5.41) is 5.94. The Kier molecular flexibility index (Phi) is 6.03. The molecule has 2 heterocycles. The minimum atomic E-state index is -0.134. The molecule has 6 nitrogen and oxygen atoms in total. The Morgan fingerprint density at radius 3 is 2.67 bits per heavy atom. The van der Waals surface area contributed by atoms with Gasteiger partial charge in [0.2, 0.25) is 0 Å². The molecule has 0 aliphatic carbocycles. The summed E-state index contributed by atoms with van der Waals surface area (Å²) in [4.78, 5) is 23.0. The Labute approximate surface area is 162 Å². The van der Waals surface area contributed by atoms with E-state index in [1.165, 1.54) is 0 Å². The van der Waals surface area contributed by atoms with Gasteiger partial charge in [0.15, 0.2) is 0 Å². The number of carbonyl (C=O) groups excluding carboxylic acids is 1. The number of anilines is 1. The molecule has 0 fully saturated rings. The molecule has 140 valence electrons. The molecule has 1 N–H and O–H groups in total. The van der Waals surface area contributed by atoms with Crippen LogP contribution in [0.5, 0.6) is 5.75 Å². The molecule has 0 aliphatic rings. The van der Waals surface area contributed by atoms with Crippen LogP contribution >= 0.6 is 11.3 Å². The number of carbonyl (C=O) groups is 1. The number of benzene rings is 1. The number of ether oxygens (including phenoxy) is 1. The van der Waals surface area contributed by atoms with E-state index in [1.807, 2.05) is 43.4 Å². The summed E-state index contributed by atoms with van der Waals surface area (Å²) < 4.78 is 5.71. The summed E-state index contributed by atoms with van der Waals surface area (Å²) in [5.41, 5.74) is 2.46. The van der Waals surface area contributed by atoms with Gasteiger partial charge in [-0.1, -0.05) is 6.07 Å². The predicted molar refractivity (Wildman–Crippen MR) is 107 cm³/mol. The lowest BCUT2D eigenvalue weighted by molar-refractivity contribution is 0.0951. The second-order valence-electron chi connectivity index (χ2n) is 6.23. The van der Waals surface area contributed by atoms with E-state index in [0.717, 1.165) is 22.1 Å². The van der Waals surface area contributed by atoms with Crippen LogP contribution < -0.4 is 15.0 Å². The van der Waals surface area contributed by atoms with Crippen LogP contribution in [0.25, 0.3) is 0 Å². The molecule has 1 amide bonds. The zero-order valence-corrected chi connectivity index (χ0v) is 16.4. The van der Waals surface area contributed by atoms with E-state index in [-0.39, 0.29) is 5.91 Å². The molecule has 3 aromatic rings. The summed E-state index contributed by atoms with van der Waals surface area (Å²) in [6.07, 6.45) is 1.74. The van der Waals surface area contributed by atoms with Crippen molar-refractivity contribution in [1.82, 2.24) is 15.3 Å². The second-order valence-corrected chi connectivity index (χ2v) is 7.30. The summed E-state index contributed by atoms with van der Waals surface area (Å²) in [6.45, 7) is 2.81.